The van der Waals surface area contributed by atoms with E-state index in [1.807, 2.05) is 13.8 Å². The number of nitrogens with zero attached hydrogens (tertiary/aromatic N) is 1. The van der Waals surface area contributed by atoms with Gasteiger partial charge in [-0.3, -0.25) is 19.8 Å². The fourth-order valence-corrected chi connectivity index (χ4v) is 3.40. The van der Waals surface area contributed by atoms with Gasteiger partial charge in [0.1, 0.15) is 6.04 Å². The largest absolute Gasteiger partial charge is 0.427 e. The lowest BCUT2D eigenvalue weighted by Crippen LogP contribution is -2.40. The Morgan fingerprint density at radius 3 is 2.20 bits per heavy atom. The first-order valence-electron chi connectivity index (χ1n) is 12.9. The molecule has 8 N–H and O–H groups in total. The lowest BCUT2D eigenvalue weighted by atomic mass is 10.1. The molecular weight excluding hydrogens is 518 g/mol. The number of aromatic nitrogens is 1. The number of benzene rings is 1. The third kappa shape index (κ3) is 8.92. The maximum atomic E-state index is 13.3. The molecule has 2 rings (SSSR count). The van der Waals surface area contributed by atoms with Crippen LogP contribution in [0.4, 0.5) is 10.5 Å². The fraction of sp³-hybridized carbons (Fsp3) is 0.444. The molecule has 2 aromatic rings. The molecular formula is C27H41N7O6. The molecule has 40 heavy (non-hydrogen) atoms. The van der Waals surface area contributed by atoms with Crippen LogP contribution in [0.2, 0.25) is 0 Å². The van der Waals surface area contributed by atoms with Crippen LogP contribution in [-0.2, 0) is 14.3 Å². The third-order valence-corrected chi connectivity index (χ3v) is 5.57. The fourth-order valence-electron chi connectivity index (χ4n) is 3.40. The van der Waals surface area contributed by atoms with Crippen LogP contribution in [0.15, 0.2) is 24.4 Å². The summed E-state index contributed by atoms with van der Waals surface area (Å²) >= 11 is 0. The van der Waals surface area contributed by atoms with Crippen molar-refractivity contribution in [1.82, 2.24) is 15.6 Å². The number of rotatable bonds is 11. The van der Waals surface area contributed by atoms with Gasteiger partial charge in [0.15, 0.2) is 5.84 Å². The highest BCUT2D eigenvalue weighted by Crippen LogP contribution is 2.26. The number of carbonyl (C=O) groups is 4. The normalized spacial score (nSPS) is 10.9. The first-order valence-corrected chi connectivity index (χ1v) is 12.9. The molecule has 0 aliphatic carbocycles. The molecule has 0 aliphatic heterocycles. The van der Waals surface area contributed by atoms with Crippen LogP contribution in [-0.4, -0.2) is 67.7 Å². The van der Waals surface area contributed by atoms with Crippen molar-refractivity contribution in [3.8, 4) is 0 Å². The first kappa shape index (κ1) is 33.8. The monoisotopic (exact) mass is 559 g/mol. The third-order valence-electron chi connectivity index (χ3n) is 5.57. The smallest absolute Gasteiger partial charge is 0.423 e. The zero-order valence-electron chi connectivity index (χ0n) is 24.0. The first-order chi connectivity index (χ1) is 19.0. The summed E-state index contributed by atoms with van der Waals surface area (Å²) in [5, 5.41) is 14.5. The van der Waals surface area contributed by atoms with Gasteiger partial charge in [-0.2, -0.15) is 0 Å². The van der Waals surface area contributed by atoms with E-state index in [0.29, 0.717) is 29.8 Å². The van der Waals surface area contributed by atoms with Crippen LogP contribution in [0.25, 0.3) is 0 Å². The molecule has 0 aliphatic rings. The van der Waals surface area contributed by atoms with E-state index >= 15 is 0 Å². The van der Waals surface area contributed by atoms with Crippen molar-refractivity contribution >= 4 is 35.4 Å². The molecule has 0 spiro atoms. The zero-order valence-corrected chi connectivity index (χ0v) is 24.0. The van der Waals surface area contributed by atoms with E-state index in [1.54, 1.807) is 26.0 Å². The maximum Gasteiger partial charge on any atom is 0.423 e. The van der Waals surface area contributed by atoms with E-state index in [-0.39, 0.29) is 34.6 Å². The molecule has 0 bridgehead atoms. The van der Waals surface area contributed by atoms with Gasteiger partial charge in [0.05, 0.1) is 16.9 Å². The van der Waals surface area contributed by atoms with Gasteiger partial charge in [0.25, 0.3) is 11.8 Å². The summed E-state index contributed by atoms with van der Waals surface area (Å²) in [6, 6.07) is 3.81. The predicted molar refractivity (Wildman–Crippen MR) is 152 cm³/mol. The molecule has 0 radical (unpaired) electrons. The van der Waals surface area contributed by atoms with Gasteiger partial charge in [0, 0.05) is 24.8 Å². The van der Waals surface area contributed by atoms with Crippen molar-refractivity contribution in [1.29, 1.82) is 5.41 Å². The Kier molecular flexibility index (Phi) is 14.1. The number of nitrogens with two attached hydrogens (primary N) is 2. The second kappa shape index (κ2) is 16.7. The van der Waals surface area contributed by atoms with Gasteiger partial charge in [-0.25, -0.2) is 9.69 Å². The lowest BCUT2D eigenvalue weighted by Gasteiger charge is -2.25. The van der Waals surface area contributed by atoms with Crippen LogP contribution < -0.4 is 27.0 Å². The van der Waals surface area contributed by atoms with E-state index in [4.69, 9.17) is 20.6 Å². The molecule has 3 amide bonds. The van der Waals surface area contributed by atoms with Gasteiger partial charge in [-0.05, 0) is 63.9 Å². The second-order valence-electron chi connectivity index (χ2n) is 8.68. The lowest BCUT2D eigenvalue weighted by molar-refractivity contribution is -0.152. The van der Waals surface area contributed by atoms with E-state index in [1.165, 1.54) is 26.2 Å². The molecule has 13 heteroatoms. The number of aromatic amines is 1. The molecule has 1 atom stereocenters. The minimum absolute atomic E-state index is 0.191. The van der Waals surface area contributed by atoms with Gasteiger partial charge in [0.2, 0.25) is 6.79 Å². The number of carbonyl (C=O) groups excluding carboxylic acids is 4. The number of amidine groups is 1. The standard InChI is InChI=1S/C26H36N6O6.CH5N/c1-6-10-29-23(33)18-9-8-15(3)20(12-18)32(26(36)38-14-37-25(35)17(5)27)22(28)21-16(4)19(13-31-21)24(34)30-11-7-2;1-2/h8-9,12-13,17,28,31H,6-7,10-11,14,27H2,1-5H3,(H,29,33)(H,30,34);2H2,1H3. The van der Waals surface area contributed by atoms with Gasteiger partial charge < -0.3 is 36.6 Å². The van der Waals surface area contributed by atoms with Crippen molar-refractivity contribution in [3.05, 3.63) is 52.3 Å². The minimum Gasteiger partial charge on any atom is -0.427 e. The summed E-state index contributed by atoms with van der Waals surface area (Å²) < 4.78 is 9.99. The van der Waals surface area contributed by atoms with Crippen molar-refractivity contribution < 1.29 is 28.7 Å². The Morgan fingerprint density at radius 1 is 1.02 bits per heavy atom. The van der Waals surface area contributed by atoms with Crippen LogP contribution in [0.1, 0.15) is 71.1 Å². The Morgan fingerprint density at radius 2 is 1.62 bits per heavy atom. The van der Waals surface area contributed by atoms with Crippen molar-refractivity contribution in [2.24, 2.45) is 11.5 Å². The van der Waals surface area contributed by atoms with Crippen LogP contribution in [0.5, 0.6) is 0 Å². The average Bonchev–Trinajstić information content (AvgIpc) is 3.33. The van der Waals surface area contributed by atoms with Gasteiger partial charge in [-0.15, -0.1) is 0 Å². The van der Waals surface area contributed by atoms with E-state index in [9.17, 15) is 19.2 Å². The molecule has 1 aromatic carbocycles. The Labute approximate surface area is 234 Å². The van der Waals surface area contributed by atoms with Crippen LogP contribution >= 0.6 is 0 Å². The summed E-state index contributed by atoms with van der Waals surface area (Å²) in [6.45, 7) is 8.86. The quantitative estimate of drug-likeness (QED) is 0.104. The molecule has 1 aromatic heterocycles. The second-order valence-corrected chi connectivity index (χ2v) is 8.68. The molecule has 1 heterocycles. The molecule has 0 fully saturated rings. The molecule has 220 valence electrons. The number of ether oxygens (including phenoxy) is 2. The Balaban J connectivity index is 0.00000391. The molecule has 13 nitrogen and oxygen atoms in total. The van der Waals surface area contributed by atoms with Gasteiger partial charge in [-0.1, -0.05) is 19.9 Å². The number of anilines is 1. The topological polar surface area (TPSA) is 206 Å². The number of aryl methyl sites for hydroxylation is 1. The van der Waals surface area contributed by atoms with Crippen LogP contribution in [0, 0.1) is 19.3 Å². The average molecular weight is 560 g/mol. The summed E-state index contributed by atoms with van der Waals surface area (Å²) in [6.07, 6.45) is 1.92. The molecule has 1 unspecified atom stereocenters. The number of hydrogen-bond donors (Lipinski definition) is 6. The summed E-state index contributed by atoms with van der Waals surface area (Å²) in [7, 11) is 1.50. The highest BCUT2D eigenvalue weighted by molar-refractivity contribution is 6.21. The number of H-pyrrole nitrogens is 1. The maximum absolute atomic E-state index is 13.3. The summed E-state index contributed by atoms with van der Waals surface area (Å²) in [5.41, 5.74) is 12.0. The summed E-state index contributed by atoms with van der Waals surface area (Å²) in [4.78, 5) is 53.9. The highest BCUT2D eigenvalue weighted by atomic mass is 16.7. The van der Waals surface area contributed by atoms with E-state index < -0.39 is 24.9 Å². The zero-order chi connectivity index (χ0) is 30.4. The predicted octanol–water partition coefficient (Wildman–Crippen LogP) is 2.30. The Hall–Kier alpha value is -4.23. The van der Waals surface area contributed by atoms with Gasteiger partial charge >= 0.3 is 12.1 Å². The SMILES string of the molecule is CCCNC(=O)c1ccc(C)c(N(C(=N)c2[nH]cc(C(=O)NCCC)c2C)C(=O)OCOC(=O)C(C)N)c1.CN. The number of esters is 1. The minimum atomic E-state index is -1.03. The van der Waals surface area contributed by atoms with Crippen molar-refractivity contribution in [2.75, 3.05) is 31.8 Å². The Bertz CT molecular complexity index is 1190. The molecule has 0 saturated carbocycles. The van der Waals surface area contributed by atoms with E-state index in [2.05, 4.69) is 21.4 Å². The van der Waals surface area contributed by atoms with E-state index in [0.717, 1.165) is 17.7 Å². The number of amides is 3. The van der Waals surface area contributed by atoms with Crippen LogP contribution in [0.3, 0.4) is 0 Å². The number of nitrogens with one attached hydrogen (secondary N) is 4. The van der Waals surface area contributed by atoms with Crippen molar-refractivity contribution in [3.63, 3.8) is 0 Å². The van der Waals surface area contributed by atoms with Crippen molar-refractivity contribution in [2.45, 2.75) is 53.5 Å². The highest BCUT2D eigenvalue weighted by Gasteiger charge is 2.29. The summed E-state index contributed by atoms with van der Waals surface area (Å²) in [5.74, 6) is -1.77. The molecule has 0 saturated heterocycles. The number of hydrogen-bond acceptors (Lipinski definition) is 9.